The molecule has 16 N–H and O–H groups in total. The van der Waals surface area contributed by atoms with Crippen molar-refractivity contribution in [3.05, 3.63) is 90.1 Å². The number of hydrogen-bond acceptors (Lipinski definition) is 12. The van der Waals surface area contributed by atoms with E-state index in [0.717, 1.165) is 41.9 Å². The number of hydrogen-bond donors (Lipinski definition) is 13. The first-order valence-electron chi connectivity index (χ1n) is 27.9. The van der Waals surface area contributed by atoms with E-state index < -0.39 is 78.1 Å². The number of nitrogens with two attached hydrogens (primary N) is 3. The maximum atomic E-state index is 14.4. The van der Waals surface area contributed by atoms with Gasteiger partial charge < -0.3 is 69.8 Å². The molecule has 0 aliphatic heterocycles. The smallest absolute Gasteiger partial charge is 0.264 e. The predicted octanol–water partition coefficient (Wildman–Crippen LogP) is 1.80. The van der Waals surface area contributed by atoms with Crippen LogP contribution in [-0.2, 0) is 57.6 Å². The minimum atomic E-state index is -1.32. The van der Waals surface area contributed by atoms with Crippen LogP contribution >= 0.6 is 0 Å². The highest BCUT2D eigenvalue weighted by molar-refractivity contribution is 6.26. The lowest BCUT2D eigenvalue weighted by molar-refractivity contribution is -0.135. The second-order valence-electron chi connectivity index (χ2n) is 19.8. The number of para-hydroxylation sites is 1. The number of guanidine groups is 1. The standard InChI is InChI=1S/C56H84N16O8/c1-3-4-5-6-7-8-9-10-11-12-16-26-48(73)61-28-20-29-62-49(74)35-66-67-36-50(75)68-38(2)52(77)71-47(32-41-34-60-37-65-41)55(80)72-46(30-39-21-14-13-15-22-39)54(79)69-44(25-19-27-63-56(58)59)53(78)70-45(51(57)76)31-40-33-64-43-24-18-17-23-42(40)43/h13-15,17-18,21-24,33-35,37-38,44-47,64,67H,3-12,16,19-20,25-32,36H2,1-2H3,(H2,57,76)(H,60,65)(H,61,73)(H,62,74)(H,68,75)(H,69,79)(H,70,78)(H,71,77)(H,72,80)(H4,58,59,63)/b66-35+/t38-,44-,45-,46+,47-/m0/s1. The number of primary amides is 1. The number of benzene rings is 2. The van der Waals surface area contributed by atoms with Crippen molar-refractivity contribution in [3.63, 3.8) is 0 Å². The molecule has 0 spiro atoms. The van der Waals surface area contributed by atoms with Crippen LogP contribution in [0.5, 0.6) is 0 Å². The van der Waals surface area contributed by atoms with E-state index in [2.05, 4.69) is 74.6 Å². The molecule has 436 valence electrons. The highest BCUT2D eigenvalue weighted by Crippen LogP contribution is 2.20. The molecule has 0 saturated heterocycles. The van der Waals surface area contributed by atoms with E-state index in [-0.39, 0.29) is 50.5 Å². The Bertz CT molecular complexity index is 2600. The molecule has 8 amide bonds. The topological polar surface area (TPSA) is 380 Å². The zero-order valence-electron chi connectivity index (χ0n) is 46.3. The van der Waals surface area contributed by atoms with Crippen molar-refractivity contribution in [3.8, 4) is 0 Å². The molecule has 2 heterocycles. The molecular weight excluding hydrogens is 1020 g/mol. The summed E-state index contributed by atoms with van der Waals surface area (Å²) in [6.45, 7) is 4.06. The Morgan fingerprint density at radius 1 is 0.625 bits per heavy atom. The van der Waals surface area contributed by atoms with Gasteiger partial charge in [0.1, 0.15) is 43.0 Å². The van der Waals surface area contributed by atoms with Gasteiger partial charge in [0.05, 0.1) is 6.33 Å². The normalized spacial score (nSPS) is 13.0. The van der Waals surface area contributed by atoms with Gasteiger partial charge in [-0.15, -0.1) is 0 Å². The maximum Gasteiger partial charge on any atom is 0.264 e. The van der Waals surface area contributed by atoms with E-state index in [1.54, 1.807) is 36.5 Å². The second kappa shape index (κ2) is 36.7. The number of fused-ring (bicyclic) bond motifs is 1. The van der Waals surface area contributed by atoms with Crippen molar-refractivity contribution in [2.75, 3.05) is 26.2 Å². The van der Waals surface area contributed by atoms with Gasteiger partial charge in [0.2, 0.25) is 41.4 Å². The molecule has 0 fully saturated rings. The number of aromatic nitrogens is 3. The van der Waals surface area contributed by atoms with E-state index in [1.165, 1.54) is 70.8 Å². The van der Waals surface area contributed by atoms with Crippen LogP contribution in [0, 0.1) is 0 Å². The summed E-state index contributed by atoms with van der Waals surface area (Å²) < 4.78 is 0. The Balaban J connectivity index is 1.29. The van der Waals surface area contributed by atoms with E-state index >= 15 is 0 Å². The number of aliphatic imine (C=N–C) groups is 1. The number of rotatable bonds is 40. The third kappa shape index (κ3) is 25.4. The second-order valence-corrected chi connectivity index (χ2v) is 19.8. The molecule has 2 aromatic carbocycles. The Morgan fingerprint density at radius 2 is 1.24 bits per heavy atom. The van der Waals surface area contributed by atoms with Crippen molar-refractivity contribution in [1.29, 1.82) is 0 Å². The lowest BCUT2D eigenvalue weighted by Crippen LogP contribution is -2.59. The van der Waals surface area contributed by atoms with E-state index in [0.29, 0.717) is 37.2 Å². The fraction of sp³-hybridized carbons (Fsp3) is 0.518. The number of H-pyrrole nitrogens is 2. The molecule has 0 aliphatic rings. The lowest BCUT2D eigenvalue weighted by atomic mass is 10.0. The summed E-state index contributed by atoms with van der Waals surface area (Å²) >= 11 is 0. The number of carbonyl (C=O) groups excluding carboxylic acids is 8. The van der Waals surface area contributed by atoms with Crippen molar-refractivity contribution < 1.29 is 38.4 Å². The van der Waals surface area contributed by atoms with Crippen LogP contribution in [0.2, 0.25) is 0 Å². The SMILES string of the molecule is CCCCCCCCCCCCCC(=O)NCCCNC(=O)/C=N/NCC(=O)N[C@@H](C)C(=O)N[C@@H](Cc1cnc[nH]1)C(=O)N[C@H](Cc1ccccc1)C(=O)N[C@@H](CCCN=C(N)N)C(=O)N[C@@H](Cc1c[nH]c2ccccc12)C(N)=O. The van der Waals surface area contributed by atoms with Crippen molar-refractivity contribution >= 4 is 70.3 Å². The number of aromatic amines is 2. The van der Waals surface area contributed by atoms with Gasteiger partial charge in [0.15, 0.2) is 5.96 Å². The molecule has 4 rings (SSSR count). The summed E-state index contributed by atoms with van der Waals surface area (Å²) in [6, 6.07) is 10.0. The Morgan fingerprint density at radius 3 is 1.91 bits per heavy atom. The summed E-state index contributed by atoms with van der Waals surface area (Å²) in [5, 5.41) is 23.5. The maximum absolute atomic E-state index is 14.4. The van der Waals surface area contributed by atoms with E-state index in [1.807, 2.05) is 24.3 Å². The Hall–Kier alpha value is -8.31. The van der Waals surface area contributed by atoms with Gasteiger partial charge in [0.25, 0.3) is 5.91 Å². The predicted molar refractivity (Wildman–Crippen MR) is 307 cm³/mol. The number of imidazole rings is 1. The first-order chi connectivity index (χ1) is 38.6. The summed E-state index contributed by atoms with van der Waals surface area (Å²) in [4.78, 5) is 120. The third-order valence-corrected chi connectivity index (χ3v) is 13.1. The zero-order chi connectivity index (χ0) is 57.9. The van der Waals surface area contributed by atoms with Gasteiger partial charge in [0, 0.05) is 74.3 Å². The number of unbranched alkanes of at least 4 members (excludes halogenated alkanes) is 10. The molecule has 5 atom stereocenters. The fourth-order valence-electron chi connectivity index (χ4n) is 8.71. The molecular formula is C56H84N16O8. The van der Waals surface area contributed by atoms with Crippen LogP contribution in [0.25, 0.3) is 10.9 Å². The average molecular weight is 1110 g/mol. The molecule has 0 saturated carbocycles. The molecule has 80 heavy (non-hydrogen) atoms. The lowest BCUT2D eigenvalue weighted by Gasteiger charge is -2.27. The highest BCUT2D eigenvalue weighted by Gasteiger charge is 2.32. The molecule has 0 aliphatic carbocycles. The third-order valence-electron chi connectivity index (χ3n) is 13.1. The molecule has 24 heteroatoms. The highest BCUT2D eigenvalue weighted by atomic mass is 16.2. The summed E-state index contributed by atoms with van der Waals surface area (Å²) in [6.07, 6.45) is 20.0. The first kappa shape index (κ1) is 64.2. The van der Waals surface area contributed by atoms with Crippen molar-refractivity contribution in [1.82, 2.24) is 57.6 Å². The van der Waals surface area contributed by atoms with Crippen molar-refractivity contribution in [2.24, 2.45) is 27.3 Å². The summed E-state index contributed by atoms with van der Waals surface area (Å²) in [7, 11) is 0. The molecule has 24 nitrogen and oxygen atoms in total. The van der Waals surface area contributed by atoms with Crippen LogP contribution < -0.4 is 59.8 Å². The number of nitrogens with one attached hydrogen (secondary N) is 10. The first-order valence-corrected chi connectivity index (χ1v) is 27.9. The average Bonchev–Trinajstić information content (AvgIpc) is 4.14. The van der Waals surface area contributed by atoms with Gasteiger partial charge in [-0.1, -0.05) is 120 Å². The van der Waals surface area contributed by atoms with Crippen LogP contribution in [0.3, 0.4) is 0 Å². The molecule has 0 bridgehead atoms. The van der Waals surface area contributed by atoms with E-state index in [9.17, 15) is 38.4 Å². The number of nitrogens with zero attached hydrogens (tertiary/aromatic N) is 3. The van der Waals surface area contributed by atoms with Gasteiger partial charge in [-0.3, -0.25) is 43.3 Å². The molecule has 2 aromatic heterocycles. The number of hydrazone groups is 1. The van der Waals surface area contributed by atoms with Gasteiger partial charge in [-0.05, 0) is 49.8 Å². The van der Waals surface area contributed by atoms with E-state index in [4.69, 9.17) is 17.2 Å². The van der Waals surface area contributed by atoms with Crippen LogP contribution in [0.15, 0.2) is 83.4 Å². The summed E-state index contributed by atoms with van der Waals surface area (Å²) in [5.74, 6) is -5.16. The zero-order valence-corrected chi connectivity index (χ0v) is 46.3. The largest absolute Gasteiger partial charge is 0.370 e. The van der Waals surface area contributed by atoms with Crippen LogP contribution in [-0.4, -0.2) is 131 Å². The number of carbonyl (C=O) groups is 8. The Kier molecular flexibility index (Phi) is 29.5. The molecule has 0 radical (unpaired) electrons. The van der Waals surface area contributed by atoms with Gasteiger partial charge in [-0.2, -0.15) is 5.10 Å². The van der Waals surface area contributed by atoms with Crippen LogP contribution in [0.1, 0.15) is 127 Å². The number of amides is 8. The summed E-state index contributed by atoms with van der Waals surface area (Å²) in [5.41, 5.74) is 22.0. The quantitative estimate of drug-likeness (QED) is 0.0131. The van der Waals surface area contributed by atoms with Crippen LogP contribution in [0.4, 0.5) is 0 Å². The van der Waals surface area contributed by atoms with Gasteiger partial charge in [-0.25, -0.2) is 4.98 Å². The van der Waals surface area contributed by atoms with Gasteiger partial charge >= 0.3 is 0 Å². The minimum Gasteiger partial charge on any atom is -0.370 e. The molecule has 4 aromatic rings. The fourth-order valence-corrected chi connectivity index (χ4v) is 8.71. The molecule has 0 unspecified atom stereocenters. The monoisotopic (exact) mass is 1110 g/mol. The minimum absolute atomic E-state index is 0.00559. The Labute approximate surface area is 468 Å². The van der Waals surface area contributed by atoms with Crippen molar-refractivity contribution in [2.45, 2.75) is 160 Å².